The second-order valence-corrected chi connectivity index (χ2v) is 11.9. The Hall–Kier alpha value is -3.96. The van der Waals surface area contributed by atoms with E-state index in [9.17, 15) is 21.6 Å². The van der Waals surface area contributed by atoms with Crippen molar-refractivity contribution in [1.29, 1.82) is 0 Å². The number of primary sulfonamides is 1. The maximum Gasteiger partial charge on any atom is 0.279 e. The molecule has 0 atom stereocenters. The van der Waals surface area contributed by atoms with Crippen molar-refractivity contribution in [1.82, 2.24) is 4.57 Å². The normalized spacial score (nSPS) is 12.3. The van der Waals surface area contributed by atoms with Crippen LogP contribution in [-0.2, 0) is 26.6 Å². The first-order chi connectivity index (χ1) is 17.5. The first-order valence-electron chi connectivity index (χ1n) is 10.5. The molecule has 1 heterocycles. The Labute approximate surface area is 217 Å². The summed E-state index contributed by atoms with van der Waals surface area (Å²) in [5.41, 5.74) is 0.885. The highest BCUT2D eigenvalue weighted by Crippen LogP contribution is 2.22. The van der Waals surface area contributed by atoms with Crippen molar-refractivity contribution in [2.75, 3.05) is 11.8 Å². The lowest BCUT2D eigenvalue weighted by Crippen LogP contribution is -2.17. The molecule has 37 heavy (non-hydrogen) atoms. The summed E-state index contributed by atoms with van der Waals surface area (Å²) in [6, 6.07) is 16.0. The third kappa shape index (κ3) is 5.73. The zero-order chi connectivity index (χ0) is 26.8. The van der Waals surface area contributed by atoms with Gasteiger partial charge in [0.25, 0.3) is 15.9 Å². The number of ether oxygens (including phenoxy) is 1. The Kier molecular flexibility index (Phi) is 7.19. The fourth-order valence-electron chi connectivity index (χ4n) is 3.40. The van der Waals surface area contributed by atoms with Gasteiger partial charge in [0.2, 0.25) is 10.0 Å². The van der Waals surface area contributed by atoms with Gasteiger partial charge in [-0.05, 0) is 60.7 Å². The number of hydrogen-bond acceptors (Lipinski definition) is 7. The number of terminal acetylenes is 1. The van der Waals surface area contributed by atoms with Gasteiger partial charge in [-0.3, -0.25) is 9.52 Å². The monoisotopic (exact) mass is 556 g/mol. The fraction of sp³-hybridized carbons (Fsp3) is 0.0833. The number of benzene rings is 3. The van der Waals surface area contributed by atoms with Crippen LogP contribution in [0.1, 0.15) is 10.4 Å². The van der Waals surface area contributed by atoms with Crippen LogP contribution in [0.2, 0.25) is 0 Å². The number of anilines is 1. The lowest BCUT2D eigenvalue weighted by Gasteiger charge is -2.09. The number of hydrogen-bond donors (Lipinski definition) is 2. The summed E-state index contributed by atoms with van der Waals surface area (Å²) < 4.78 is 58.6. The van der Waals surface area contributed by atoms with Gasteiger partial charge in [0, 0.05) is 11.3 Å². The minimum atomic E-state index is -3.92. The number of nitrogens with two attached hydrogens (primary N) is 1. The van der Waals surface area contributed by atoms with Crippen molar-refractivity contribution < 1.29 is 26.4 Å². The van der Waals surface area contributed by atoms with Crippen LogP contribution in [-0.4, -0.2) is 34.4 Å². The Morgan fingerprint density at radius 3 is 2.43 bits per heavy atom. The molecular weight excluding hydrogens is 536 g/mol. The number of carbonyl (C=O) groups excluding carboxylic acids is 1. The molecule has 1 amide bonds. The van der Waals surface area contributed by atoms with E-state index in [1.165, 1.54) is 67.8 Å². The van der Waals surface area contributed by atoms with Crippen molar-refractivity contribution in [3.63, 3.8) is 0 Å². The van der Waals surface area contributed by atoms with Gasteiger partial charge in [-0.1, -0.05) is 23.3 Å². The molecule has 0 aliphatic heterocycles. The van der Waals surface area contributed by atoms with E-state index in [0.717, 1.165) is 11.3 Å². The molecular formula is C24H20N4O6S3. The standard InChI is InChI=1S/C24H20N4O6S3/c1-3-13-28-21-12-11-20(36(25,30)31)15-22(21)35-24(28)26-23(29)16-5-4-6-17(14-16)27-37(32,33)19-9-7-18(34-2)8-10-19/h1,4-12,14-15,27H,13H2,2H3,(H2,25,30,31). The van der Waals surface area contributed by atoms with E-state index in [4.69, 9.17) is 16.3 Å². The number of sulfonamides is 2. The highest BCUT2D eigenvalue weighted by molar-refractivity contribution is 7.92. The molecule has 0 saturated carbocycles. The van der Waals surface area contributed by atoms with Crippen molar-refractivity contribution in [3.05, 3.63) is 77.1 Å². The average Bonchev–Trinajstić information content (AvgIpc) is 3.19. The zero-order valence-electron chi connectivity index (χ0n) is 19.3. The van der Waals surface area contributed by atoms with Crippen LogP contribution in [0.4, 0.5) is 5.69 Å². The van der Waals surface area contributed by atoms with Gasteiger partial charge in [-0.2, -0.15) is 4.99 Å². The lowest BCUT2D eigenvalue weighted by molar-refractivity contribution is 0.0998. The van der Waals surface area contributed by atoms with Gasteiger partial charge in [-0.25, -0.2) is 22.0 Å². The van der Waals surface area contributed by atoms with Gasteiger partial charge >= 0.3 is 0 Å². The van der Waals surface area contributed by atoms with E-state index >= 15 is 0 Å². The number of rotatable bonds is 7. The molecule has 0 spiro atoms. The lowest BCUT2D eigenvalue weighted by atomic mass is 10.2. The third-order valence-electron chi connectivity index (χ3n) is 5.16. The molecule has 0 fully saturated rings. The van der Waals surface area contributed by atoms with Crippen molar-refractivity contribution in [3.8, 4) is 18.1 Å². The molecule has 10 nitrogen and oxygen atoms in total. The topological polar surface area (TPSA) is 150 Å². The van der Waals surface area contributed by atoms with Crippen molar-refractivity contribution in [2.24, 2.45) is 10.1 Å². The summed E-state index contributed by atoms with van der Waals surface area (Å²) in [6.45, 7) is 0.0858. The molecule has 0 bridgehead atoms. The predicted octanol–water partition coefficient (Wildman–Crippen LogP) is 2.53. The van der Waals surface area contributed by atoms with Gasteiger partial charge in [-0.15, -0.1) is 6.42 Å². The van der Waals surface area contributed by atoms with E-state index in [-0.39, 0.29) is 32.4 Å². The summed E-state index contributed by atoms with van der Waals surface area (Å²) in [5.74, 6) is 2.36. The average molecular weight is 557 g/mol. The molecule has 1 aromatic heterocycles. The SMILES string of the molecule is C#CCn1c(=NC(=O)c2cccc(NS(=O)(=O)c3ccc(OC)cc3)c2)sc2cc(S(N)(=O)=O)ccc21. The van der Waals surface area contributed by atoms with Crippen molar-refractivity contribution >= 4 is 53.2 Å². The molecule has 190 valence electrons. The molecule has 0 aliphatic rings. The van der Waals surface area contributed by atoms with Crippen LogP contribution in [0.15, 0.2) is 81.5 Å². The smallest absolute Gasteiger partial charge is 0.279 e. The van der Waals surface area contributed by atoms with E-state index in [0.29, 0.717) is 16.0 Å². The van der Waals surface area contributed by atoms with E-state index in [1.54, 1.807) is 10.6 Å². The van der Waals surface area contributed by atoms with E-state index in [1.807, 2.05) is 0 Å². The van der Waals surface area contributed by atoms with Gasteiger partial charge < -0.3 is 9.30 Å². The second kappa shape index (κ2) is 10.2. The highest BCUT2D eigenvalue weighted by atomic mass is 32.2. The molecule has 4 rings (SSSR count). The summed E-state index contributed by atoms with van der Waals surface area (Å²) in [6.07, 6.45) is 5.48. The maximum absolute atomic E-state index is 13.0. The Morgan fingerprint density at radius 2 is 1.78 bits per heavy atom. The molecule has 0 aliphatic carbocycles. The quantitative estimate of drug-likeness (QED) is 0.334. The molecule has 3 aromatic carbocycles. The van der Waals surface area contributed by atoms with E-state index in [2.05, 4.69) is 15.6 Å². The zero-order valence-corrected chi connectivity index (χ0v) is 21.7. The van der Waals surface area contributed by atoms with Gasteiger partial charge in [0.1, 0.15) is 5.75 Å². The minimum Gasteiger partial charge on any atom is -0.497 e. The Morgan fingerprint density at radius 1 is 1.08 bits per heavy atom. The third-order valence-corrected chi connectivity index (χ3v) is 8.51. The van der Waals surface area contributed by atoms with E-state index < -0.39 is 26.0 Å². The number of thiazole rings is 1. The molecule has 0 unspecified atom stereocenters. The molecule has 0 saturated heterocycles. The summed E-state index contributed by atoms with van der Waals surface area (Å²) in [4.78, 5) is 17.4. The molecule has 0 radical (unpaired) electrons. The summed E-state index contributed by atoms with van der Waals surface area (Å²) >= 11 is 1.07. The second-order valence-electron chi connectivity index (χ2n) is 7.63. The summed E-state index contributed by atoms with van der Waals surface area (Å²) in [5, 5.41) is 5.22. The van der Waals surface area contributed by atoms with Crippen LogP contribution in [0.3, 0.4) is 0 Å². The number of amides is 1. The van der Waals surface area contributed by atoms with Gasteiger partial charge in [0.15, 0.2) is 4.80 Å². The molecule has 3 N–H and O–H groups in total. The van der Waals surface area contributed by atoms with Gasteiger partial charge in [0.05, 0.1) is 33.7 Å². The Bertz CT molecular complexity index is 1830. The number of methoxy groups -OCH3 is 1. The number of nitrogens with zero attached hydrogens (tertiary/aromatic N) is 2. The molecule has 4 aromatic rings. The number of carbonyl (C=O) groups is 1. The van der Waals surface area contributed by atoms with Crippen LogP contribution < -0.4 is 19.4 Å². The summed E-state index contributed by atoms with van der Waals surface area (Å²) in [7, 11) is -6.36. The number of fused-ring (bicyclic) bond motifs is 1. The Balaban J connectivity index is 1.68. The predicted molar refractivity (Wildman–Crippen MR) is 140 cm³/mol. The van der Waals surface area contributed by atoms with Crippen LogP contribution >= 0.6 is 11.3 Å². The van der Waals surface area contributed by atoms with Crippen LogP contribution in [0, 0.1) is 12.3 Å². The van der Waals surface area contributed by atoms with Crippen LogP contribution in [0.25, 0.3) is 10.2 Å². The highest BCUT2D eigenvalue weighted by Gasteiger charge is 2.16. The first-order valence-corrected chi connectivity index (χ1v) is 14.3. The minimum absolute atomic E-state index is 0.0224. The number of aromatic nitrogens is 1. The first kappa shape index (κ1) is 26.1. The van der Waals surface area contributed by atoms with Crippen LogP contribution in [0.5, 0.6) is 5.75 Å². The maximum atomic E-state index is 13.0. The van der Waals surface area contributed by atoms with Crippen molar-refractivity contribution in [2.45, 2.75) is 16.3 Å². The number of nitrogens with one attached hydrogen (secondary N) is 1. The largest absolute Gasteiger partial charge is 0.497 e. The fourth-order valence-corrected chi connectivity index (χ4v) is 6.13. The molecule has 13 heteroatoms.